The molecule has 0 aromatic carbocycles. The highest BCUT2D eigenvalue weighted by Crippen LogP contribution is 2.32. The first-order valence-corrected chi connectivity index (χ1v) is 9.45. The first kappa shape index (κ1) is 15.4. The van der Waals surface area contributed by atoms with Crippen molar-refractivity contribution in [3.63, 3.8) is 0 Å². The molecule has 2 unspecified atom stereocenters. The van der Waals surface area contributed by atoms with Gasteiger partial charge in [0, 0.05) is 18.0 Å². The first-order chi connectivity index (χ1) is 10.2. The Bertz CT molecular complexity index is 489. The zero-order chi connectivity index (χ0) is 14.8. The Labute approximate surface area is 136 Å². The summed E-state index contributed by atoms with van der Waals surface area (Å²) in [5.41, 5.74) is 1.42. The molecule has 1 aromatic heterocycles. The zero-order valence-electron chi connectivity index (χ0n) is 12.7. The van der Waals surface area contributed by atoms with E-state index in [9.17, 15) is 4.79 Å². The molecule has 0 saturated heterocycles. The van der Waals surface area contributed by atoms with Crippen molar-refractivity contribution in [2.75, 3.05) is 7.05 Å². The number of rotatable bonds is 2. The minimum absolute atomic E-state index is 0.116. The molecule has 21 heavy (non-hydrogen) atoms. The summed E-state index contributed by atoms with van der Waals surface area (Å²) in [4.78, 5) is 17.0. The van der Waals surface area contributed by atoms with Crippen LogP contribution >= 0.6 is 22.9 Å². The lowest BCUT2D eigenvalue weighted by Crippen LogP contribution is -2.44. The molecule has 0 radical (unpaired) electrons. The van der Waals surface area contributed by atoms with E-state index in [4.69, 9.17) is 11.6 Å². The molecular formula is C17H24ClNOS. The minimum Gasteiger partial charge on any atom is -0.337 e. The quantitative estimate of drug-likeness (QED) is 0.573. The van der Waals surface area contributed by atoms with E-state index in [1.54, 1.807) is 11.3 Å². The number of amides is 1. The fourth-order valence-corrected chi connectivity index (χ4v) is 5.29. The summed E-state index contributed by atoms with van der Waals surface area (Å²) in [6, 6.07) is 2.35. The molecule has 1 heterocycles. The molecule has 0 spiro atoms. The topological polar surface area (TPSA) is 20.3 Å². The number of alkyl halides is 1. The maximum atomic E-state index is 12.8. The van der Waals surface area contributed by atoms with Gasteiger partial charge in [0.25, 0.3) is 5.91 Å². The van der Waals surface area contributed by atoms with Gasteiger partial charge in [-0.2, -0.15) is 0 Å². The van der Waals surface area contributed by atoms with Crippen LogP contribution < -0.4 is 0 Å². The Balaban J connectivity index is 1.75. The monoisotopic (exact) mass is 325 g/mol. The van der Waals surface area contributed by atoms with Crippen molar-refractivity contribution in [2.24, 2.45) is 0 Å². The van der Waals surface area contributed by atoms with Crippen LogP contribution in [0.1, 0.15) is 65.1 Å². The van der Waals surface area contributed by atoms with Crippen molar-refractivity contribution in [3.05, 3.63) is 21.4 Å². The Morgan fingerprint density at radius 2 is 1.95 bits per heavy atom. The highest BCUT2D eigenvalue weighted by atomic mass is 35.5. The summed E-state index contributed by atoms with van der Waals surface area (Å²) in [5.74, 6) is 0.172. The van der Waals surface area contributed by atoms with Gasteiger partial charge >= 0.3 is 0 Å². The predicted molar refractivity (Wildman–Crippen MR) is 89.6 cm³/mol. The minimum atomic E-state index is 0.116. The number of aryl methyl sites for hydroxylation is 2. The van der Waals surface area contributed by atoms with E-state index >= 15 is 0 Å². The molecule has 3 rings (SSSR count). The molecule has 1 aromatic rings. The second-order valence-corrected chi connectivity index (χ2v) is 8.10. The lowest BCUT2D eigenvalue weighted by molar-refractivity contribution is 0.0705. The third-order valence-corrected chi connectivity index (χ3v) is 6.66. The van der Waals surface area contributed by atoms with Crippen LogP contribution in [0.3, 0.4) is 0 Å². The normalized spacial score (nSPS) is 26.0. The van der Waals surface area contributed by atoms with Gasteiger partial charge in [0.2, 0.25) is 0 Å². The second kappa shape index (κ2) is 6.70. The van der Waals surface area contributed by atoms with E-state index in [2.05, 4.69) is 6.07 Å². The number of hydrogen-bond acceptors (Lipinski definition) is 2. The summed E-state index contributed by atoms with van der Waals surface area (Å²) in [6.45, 7) is 0. The molecule has 0 bridgehead atoms. The molecule has 1 fully saturated rings. The lowest BCUT2D eigenvalue weighted by Gasteiger charge is -2.34. The van der Waals surface area contributed by atoms with Gasteiger partial charge in [0.15, 0.2) is 0 Å². The average molecular weight is 326 g/mol. The van der Waals surface area contributed by atoms with Gasteiger partial charge < -0.3 is 4.90 Å². The first-order valence-electron chi connectivity index (χ1n) is 8.19. The molecule has 2 nitrogen and oxygen atoms in total. The van der Waals surface area contributed by atoms with Crippen LogP contribution in [-0.4, -0.2) is 29.3 Å². The number of halogens is 1. The van der Waals surface area contributed by atoms with E-state index in [-0.39, 0.29) is 17.3 Å². The number of carbonyl (C=O) groups excluding carboxylic acids is 1. The molecule has 2 aliphatic carbocycles. The van der Waals surface area contributed by atoms with Gasteiger partial charge in [-0.05, 0) is 50.2 Å². The average Bonchev–Trinajstić information content (AvgIpc) is 2.77. The molecule has 0 aliphatic heterocycles. The maximum Gasteiger partial charge on any atom is 0.263 e. The summed E-state index contributed by atoms with van der Waals surface area (Å²) < 4.78 is 0. The molecule has 2 atom stereocenters. The summed E-state index contributed by atoms with van der Waals surface area (Å²) in [5, 5.41) is 0.116. The van der Waals surface area contributed by atoms with Crippen LogP contribution in [0.4, 0.5) is 0 Å². The van der Waals surface area contributed by atoms with E-state index in [1.807, 2.05) is 11.9 Å². The van der Waals surface area contributed by atoms with Crippen LogP contribution in [0.5, 0.6) is 0 Å². The molecule has 1 saturated carbocycles. The van der Waals surface area contributed by atoms with Crippen LogP contribution in [0.2, 0.25) is 0 Å². The van der Waals surface area contributed by atoms with Crippen LogP contribution in [0.25, 0.3) is 0 Å². The van der Waals surface area contributed by atoms with E-state index in [0.717, 1.165) is 30.6 Å². The molecule has 1 amide bonds. The van der Waals surface area contributed by atoms with Crippen LogP contribution in [-0.2, 0) is 12.8 Å². The summed E-state index contributed by atoms with van der Waals surface area (Å²) in [6.07, 6.45) is 10.6. The van der Waals surface area contributed by atoms with Gasteiger partial charge in [0.05, 0.1) is 10.3 Å². The fourth-order valence-electron chi connectivity index (χ4n) is 3.60. The Hall–Kier alpha value is -0.540. The van der Waals surface area contributed by atoms with Crippen molar-refractivity contribution >= 4 is 28.8 Å². The number of carbonyl (C=O) groups is 1. The largest absolute Gasteiger partial charge is 0.337 e. The molecule has 4 heteroatoms. The van der Waals surface area contributed by atoms with Crippen molar-refractivity contribution in [1.29, 1.82) is 0 Å². The van der Waals surface area contributed by atoms with E-state index in [0.29, 0.717) is 0 Å². The Morgan fingerprint density at radius 1 is 1.19 bits per heavy atom. The van der Waals surface area contributed by atoms with Gasteiger partial charge in [0.1, 0.15) is 0 Å². The SMILES string of the molecule is CN(C(=O)c1cc2c(s1)CCCCC2)C1CCCCC1Cl. The summed E-state index contributed by atoms with van der Waals surface area (Å²) >= 11 is 8.16. The molecule has 2 aliphatic rings. The number of hydrogen-bond donors (Lipinski definition) is 0. The number of thiophene rings is 1. The standard InChI is InChI=1S/C17H24ClNOS/c1-19(14-9-6-5-8-13(14)18)17(20)16-11-12-7-3-2-4-10-15(12)21-16/h11,13-14H,2-10H2,1H3. The van der Waals surface area contributed by atoms with Gasteiger partial charge in [-0.3, -0.25) is 4.79 Å². The third-order valence-electron chi connectivity index (χ3n) is 4.92. The van der Waals surface area contributed by atoms with Crippen molar-refractivity contribution in [3.8, 4) is 0 Å². The highest BCUT2D eigenvalue weighted by Gasteiger charge is 2.30. The van der Waals surface area contributed by atoms with Gasteiger partial charge in [-0.25, -0.2) is 0 Å². The van der Waals surface area contributed by atoms with Gasteiger partial charge in [-0.15, -0.1) is 22.9 Å². The van der Waals surface area contributed by atoms with E-state index in [1.165, 1.54) is 42.5 Å². The predicted octanol–water partition coefficient (Wildman–Crippen LogP) is 4.64. The second-order valence-electron chi connectivity index (χ2n) is 6.40. The third kappa shape index (κ3) is 3.29. The number of fused-ring (bicyclic) bond motifs is 1. The smallest absolute Gasteiger partial charge is 0.263 e. The summed E-state index contributed by atoms with van der Waals surface area (Å²) in [7, 11) is 1.93. The Morgan fingerprint density at radius 3 is 2.76 bits per heavy atom. The van der Waals surface area contributed by atoms with Crippen molar-refractivity contribution in [1.82, 2.24) is 4.90 Å². The van der Waals surface area contributed by atoms with Crippen molar-refractivity contribution in [2.45, 2.75) is 69.2 Å². The fraction of sp³-hybridized carbons (Fsp3) is 0.706. The molecular weight excluding hydrogens is 302 g/mol. The Kier molecular flexibility index (Phi) is 4.90. The molecule has 116 valence electrons. The van der Waals surface area contributed by atoms with E-state index < -0.39 is 0 Å². The van der Waals surface area contributed by atoms with Crippen molar-refractivity contribution < 1.29 is 4.79 Å². The van der Waals surface area contributed by atoms with Crippen LogP contribution in [0.15, 0.2) is 6.07 Å². The lowest BCUT2D eigenvalue weighted by atomic mass is 9.94. The van der Waals surface area contributed by atoms with Crippen LogP contribution in [0, 0.1) is 0 Å². The zero-order valence-corrected chi connectivity index (χ0v) is 14.3. The maximum absolute atomic E-state index is 12.8. The highest BCUT2D eigenvalue weighted by molar-refractivity contribution is 7.14. The number of nitrogens with zero attached hydrogens (tertiary/aromatic N) is 1. The van der Waals surface area contributed by atoms with Gasteiger partial charge in [-0.1, -0.05) is 19.3 Å². The molecule has 0 N–H and O–H groups in total.